The van der Waals surface area contributed by atoms with Crippen molar-refractivity contribution in [3.8, 4) is 17.2 Å². The van der Waals surface area contributed by atoms with E-state index in [1.165, 1.54) is 27.9 Å². The molecule has 0 aliphatic heterocycles. The van der Waals surface area contributed by atoms with Crippen molar-refractivity contribution in [1.82, 2.24) is 4.90 Å². The van der Waals surface area contributed by atoms with Gasteiger partial charge in [0.2, 0.25) is 0 Å². The van der Waals surface area contributed by atoms with Gasteiger partial charge < -0.3 is 24.4 Å². The van der Waals surface area contributed by atoms with Gasteiger partial charge in [-0.25, -0.2) is 0 Å². The van der Waals surface area contributed by atoms with Crippen LogP contribution in [-0.4, -0.2) is 50.9 Å². The first kappa shape index (κ1) is 25.9. The van der Waals surface area contributed by atoms with E-state index in [0.717, 1.165) is 43.9 Å². The Morgan fingerprint density at radius 2 is 1.72 bits per heavy atom. The van der Waals surface area contributed by atoms with Crippen LogP contribution < -0.4 is 14.4 Å². The van der Waals surface area contributed by atoms with Crippen molar-refractivity contribution in [2.24, 2.45) is 0 Å². The zero-order valence-corrected chi connectivity index (χ0v) is 22.3. The first-order chi connectivity index (χ1) is 17.4. The van der Waals surface area contributed by atoms with E-state index in [2.05, 4.69) is 86.3 Å². The molecule has 5 nitrogen and oxygen atoms in total. The Hall–Kier alpha value is -3.18. The van der Waals surface area contributed by atoms with Crippen molar-refractivity contribution in [2.75, 3.05) is 45.8 Å². The molecule has 4 rings (SSSR count). The number of rotatable bonds is 10. The molecule has 3 aromatic carbocycles. The van der Waals surface area contributed by atoms with E-state index in [1.54, 1.807) is 7.11 Å². The van der Waals surface area contributed by atoms with Crippen LogP contribution >= 0.6 is 0 Å². The smallest absolute Gasteiger partial charge is 0.120 e. The van der Waals surface area contributed by atoms with Crippen molar-refractivity contribution >= 4 is 5.69 Å². The minimum absolute atomic E-state index is 0.199. The fourth-order valence-corrected chi connectivity index (χ4v) is 5.27. The van der Waals surface area contributed by atoms with Crippen LogP contribution in [-0.2, 0) is 12.8 Å². The standard InChI is InChI=1S/C31H40N2O3/c1-6-33(22(2)23-10-13-28(14-11-23)36-18-17-32(3)4)31-21-29(35-5)15-16-30(31)26-8-7-25-20-27(34)12-9-24(25)19-26/h9-16,20-22,26,34H,6-8,17-19H2,1-5H3/t22?,26-/m1/s1. The molecular formula is C31H40N2O3. The number of nitrogens with zero attached hydrogens (tertiary/aromatic N) is 2. The molecule has 192 valence electrons. The van der Waals surface area contributed by atoms with E-state index in [0.29, 0.717) is 18.3 Å². The van der Waals surface area contributed by atoms with Crippen molar-refractivity contribution < 1.29 is 14.6 Å². The molecule has 0 aromatic heterocycles. The number of benzene rings is 3. The molecule has 36 heavy (non-hydrogen) atoms. The number of likely N-dealkylation sites (N-methyl/N-ethyl adjacent to an activating group) is 1. The Morgan fingerprint density at radius 1 is 0.972 bits per heavy atom. The second kappa shape index (κ2) is 11.7. The lowest BCUT2D eigenvalue weighted by Crippen LogP contribution is -2.28. The number of aromatic hydroxyl groups is 1. The predicted octanol–water partition coefficient (Wildman–Crippen LogP) is 6.20. The summed E-state index contributed by atoms with van der Waals surface area (Å²) in [7, 11) is 5.84. The molecule has 5 heteroatoms. The van der Waals surface area contributed by atoms with Gasteiger partial charge in [0, 0.05) is 24.8 Å². The summed E-state index contributed by atoms with van der Waals surface area (Å²) < 4.78 is 11.5. The molecule has 0 radical (unpaired) electrons. The lowest BCUT2D eigenvalue weighted by atomic mass is 9.79. The lowest BCUT2D eigenvalue weighted by Gasteiger charge is -2.35. The highest BCUT2D eigenvalue weighted by Crippen LogP contribution is 2.41. The molecule has 1 N–H and O–H groups in total. The molecule has 0 spiro atoms. The third-order valence-corrected chi connectivity index (χ3v) is 7.38. The maximum atomic E-state index is 9.90. The lowest BCUT2D eigenvalue weighted by molar-refractivity contribution is 0.261. The van der Waals surface area contributed by atoms with E-state index in [1.807, 2.05) is 12.1 Å². The van der Waals surface area contributed by atoms with Crippen LogP contribution in [0.4, 0.5) is 5.69 Å². The summed E-state index contributed by atoms with van der Waals surface area (Å²) in [4.78, 5) is 4.60. The minimum Gasteiger partial charge on any atom is -0.508 e. The first-order valence-electron chi connectivity index (χ1n) is 13.0. The van der Waals surface area contributed by atoms with Crippen molar-refractivity contribution in [2.45, 2.75) is 45.1 Å². The molecule has 0 saturated carbocycles. The quantitative estimate of drug-likeness (QED) is 0.368. The van der Waals surface area contributed by atoms with Gasteiger partial charge in [-0.3, -0.25) is 0 Å². The summed E-state index contributed by atoms with van der Waals surface area (Å²) in [6.45, 7) is 6.96. The van der Waals surface area contributed by atoms with Gasteiger partial charge in [0.05, 0.1) is 13.2 Å². The van der Waals surface area contributed by atoms with Crippen LogP contribution in [0.15, 0.2) is 60.7 Å². The predicted molar refractivity (Wildman–Crippen MR) is 148 cm³/mol. The average Bonchev–Trinajstić information content (AvgIpc) is 2.89. The first-order valence-corrected chi connectivity index (χ1v) is 13.0. The number of hydrogen-bond donors (Lipinski definition) is 1. The van der Waals surface area contributed by atoms with Crippen LogP contribution in [0.5, 0.6) is 17.2 Å². The van der Waals surface area contributed by atoms with E-state index in [-0.39, 0.29) is 6.04 Å². The van der Waals surface area contributed by atoms with Crippen LogP contribution in [0.1, 0.15) is 54.5 Å². The average molecular weight is 489 g/mol. The second-order valence-electron chi connectivity index (χ2n) is 10.0. The fourth-order valence-electron chi connectivity index (χ4n) is 5.27. The number of anilines is 1. The van der Waals surface area contributed by atoms with E-state index < -0.39 is 0 Å². The summed E-state index contributed by atoms with van der Waals surface area (Å²) in [5, 5.41) is 9.90. The van der Waals surface area contributed by atoms with Crippen LogP contribution in [0.3, 0.4) is 0 Å². The normalized spacial score (nSPS) is 15.9. The number of phenolic OH excluding ortho intramolecular Hbond substituents is 1. The minimum atomic E-state index is 0.199. The summed E-state index contributed by atoms with van der Waals surface area (Å²) >= 11 is 0. The number of methoxy groups -OCH3 is 1. The maximum Gasteiger partial charge on any atom is 0.120 e. The highest BCUT2D eigenvalue weighted by Gasteiger charge is 2.26. The summed E-state index contributed by atoms with van der Waals surface area (Å²) in [5.41, 5.74) is 6.48. The van der Waals surface area contributed by atoms with Gasteiger partial charge in [-0.05, 0) is 106 Å². The third kappa shape index (κ3) is 5.96. The molecule has 1 aliphatic rings. The Morgan fingerprint density at radius 3 is 2.42 bits per heavy atom. The molecule has 0 amide bonds. The molecule has 0 bridgehead atoms. The molecular weight excluding hydrogens is 448 g/mol. The number of fused-ring (bicyclic) bond motifs is 1. The third-order valence-electron chi connectivity index (χ3n) is 7.38. The maximum absolute atomic E-state index is 9.90. The van der Waals surface area contributed by atoms with Crippen LogP contribution in [0, 0.1) is 0 Å². The SMILES string of the molecule is CCN(c1cc(OC)ccc1[C@@H]1CCc2cc(O)ccc2C1)C(C)c1ccc(OCCN(C)C)cc1. The van der Waals surface area contributed by atoms with Crippen LogP contribution in [0.25, 0.3) is 0 Å². The monoisotopic (exact) mass is 488 g/mol. The summed E-state index contributed by atoms with van der Waals surface area (Å²) in [6, 6.07) is 21.1. The number of phenols is 1. The van der Waals surface area contributed by atoms with E-state index in [9.17, 15) is 5.11 Å². The van der Waals surface area contributed by atoms with Crippen LogP contribution in [0.2, 0.25) is 0 Å². The fraction of sp³-hybridized carbons (Fsp3) is 0.419. The number of ether oxygens (including phenoxy) is 2. The van der Waals surface area contributed by atoms with Crippen molar-refractivity contribution in [1.29, 1.82) is 0 Å². The highest BCUT2D eigenvalue weighted by atomic mass is 16.5. The zero-order valence-electron chi connectivity index (χ0n) is 22.3. The number of aryl methyl sites for hydroxylation is 1. The van der Waals surface area contributed by atoms with Gasteiger partial charge in [-0.1, -0.05) is 24.3 Å². The van der Waals surface area contributed by atoms with E-state index in [4.69, 9.17) is 9.47 Å². The molecule has 1 unspecified atom stereocenters. The Bertz CT molecular complexity index is 1140. The van der Waals surface area contributed by atoms with Gasteiger partial charge >= 0.3 is 0 Å². The van der Waals surface area contributed by atoms with Crippen molar-refractivity contribution in [3.63, 3.8) is 0 Å². The topological polar surface area (TPSA) is 45.2 Å². The second-order valence-corrected chi connectivity index (χ2v) is 10.0. The van der Waals surface area contributed by atoms with E-state index >= 15 is 0 Å². The molecule has 1 aliphatic carbocycles. The van der Waals surface area contributed by atoms with Gasteiger partial charge in [0.25, 0.3) is 0 Å². The molecule has 0 saturated heterocycles. The van der Waals surface area contributed by atoms with Gasteiger partial charge in [-0.2, -0.15) is 0 Å². The molecule has 3 aromatic rings. The summed E-state index contributed by atoms with van der Waals surface area (Å²) in [6.07, 6.45) is 3.04. The van der Waals surface area contributed by atoms with Gasteiger partial charge in [-0.15, -0.1) is 0 Å². The molecule has 2 atom stereocenters. The van der Waals surface area contributed by atoms with Crippen molar-refractivity contribution in [3.05, 3.63) is 82.9 Å². The Labute approximate surface area is 216 Å². The largest absolute Gasteiger partial charge is 0.508 e. The Kier molecular flexibility index (Phi) is 8.42. The Balaban J connectivity index is 1.59. The van der Waals surface area contributed by atoms with Gasteiger partial charge in [0.15, 0.2) is 0 Å². The molecule has 0 heterocycles. The zero-order chi connectivity index (χ0) is 25.7. The molecule has 0 fully saturated rings. The number of hydrogen-bond acceptors (Lipinski definition) is 5. The van der Waals surface area contributed by atoms with Gasteiger partial charge in [0.1, 0.15) is 23.9 Å². The summed E-state index contributed by atoms with van der Waals surface area (Å²) in [5.74, 6) is 2.57. The highest BCUT2D eigenvalue weighted by molar-refractivity contribution is 5.61.